The van der Waals surface area contributed by atoms with Crippen LogP contribution in [-0.4, -0.2) is 56.1 Å². The first kappa shape index (κ1) is 20.0. The van der Waals surface area contributed by atoms with Gasteiger partial charge in [0.15, 0.2) is 0 Å². The highest BCUT2D eigenvalue weighted by molar-refractivity contribution is 5.95. The van der Waals surface area contributed by atoms with Crippen molar-refractivity contribution in [2.24, 2.45) is 0 Å². The van der Waals surface area contributed by atoms with E-state index in [1.807, 2.05) is 11.8 Å². The molecule has 1 saturated heterocycles. The summed E-state index contributed by atoms with van der Waals surface area (Å²) in [5.41, 5.74) is 0.551. The minimum absolute atomic E-state index is 0.149. The van der Waals surface area contributed by atoms with Crippen LogP contribution in [0.1, 0.15) is 26.7 Å². The molecule has 2 rings (SSSR count). The van der Waals surface area contributed by atoms with Gasteiger partial charge in [0.25, 0.3) is 0 Å². The second-order valence-electron chi connectivity index (χ2n) is 6.09. The normalized spacial score (nSPS) is 15.4. The molecule has 26 heavy (non-hydrogen) atoms. The highest BCUT2D eigenvalue weighted by Gasteiger charge is 2.29. The third kappa shape index (κ3) is 4.85. The standard InChI is InChI=1S/C18H25FN2O5/c1-3-4-9-26-18(24)21(13(2)17(22)23)14-5-6-16(15(19)12-14)20-7-10-25-11-8-20/h5-6,12-13H,3-4,7-11H2,1-2H3,(H,22,23). The molecule has 1 aliphatic heterocycles. The predicted molar refractivity (Wildman–Crippen MR) is 95.3 cm³/mol. The molecule has 0 aliphatic carbocycles. The van der Waals surface area contributed by atoms with E-state index >= 15 is 0 Å². The number of nitrogens with zero attached hydrogens (tertiary/aromatic N) is 2. The van der Waals surface area contributed by atoms with Crippen molar-refractivity contribution in [3.63, 3.8) is 0 Å². The van der Waals surface area contributed by atoms with Gasteiger partial charge in [0.1, 0.15) is 11.9 Å². The van der Waals surface area contributed by atoms with E-state index in [0.717, 1.165) is 11.3 Å². The van der Waals surface area contributed by atoms with Gasteiger partial charge in [-0.05, 0) is 31.5 Å². The number of carbonyl (C=O) groups excluding carboxylic acids is 1. The van der Waals surface area contributed by atoms with E-state index in [0.29, 0.717) is 38.4 Å². The van der Waals surface area contributed by atoms with E-state index < -0.39 is 23.9 Å². The number of amides is 1. The van der Waals surface area contributed by atoms with Crippen molar-refractivity contribution in [1.29, 1.82) is 0 Å². The van der Waals surface area contributed by atoms with Gasteiger partial charge in [-0.1, -0.05) is 13.3 Å². The Bertz CT molecular complexity index is 634. The van der Waals surface area contributed by atoms with Crippen LogP contribution in [0.25, 0.3) is 0 Å². The third-order valence-electron chi connectivity index (χ3n) is 4.23. The molecule has 144 valence electrons. The van der Waals surface area contributed by atoms with Gasteiger partial charge in [-0.25, -0.2) is 14.0 Å². The van der Waals surface area contributed by atoms with Crippen LogP contribution < -0.4 is 9.80 Å². The van der Waals surface area contributed by atoms with Crippen LogP contribution in [0.4, 0.5) is 20.6 Å². The summed E-state index contributed by atoms with van der Waals surface area (Å²) in [7, 11) is 0. The fourth-order valence-electron chi connectivity index (χ4n) is 2.68. The van der Waals surface area contributed by atoms with Crippen molar-refractivity contribution >= 4 is 23.4 Å². The molecule has 0 spiro atoms. The Balaban J connectivity index is 2.24. The fraction of sp³-hybridized carbons (Fsp3) is 0.556. The fourth-order valence-corrected chi connectivity index (χ4v) is 2.68. The van der Waals surface area contributed by atoms with E-state index in [1.54, 1.807) is 6.07 Å². The zero-order valence-electron chi connectivity index (χ0n) is 15.1. The molecule has 1 N–H and O–H groups in total. The summed E-state index contributed by atoms with van der Waals surface area (Å²) in [6.07, 6.45) is 0.711. The molecule has 0 bridgehead atoms. The average molecular weight is 368 g/mol. The molecule has 1 fully saturated rings. The van der Waals surface area contributed by atoms with Crippen molar-refractivity contribution in [3.8, 4) is 0 Å². The molecular formula is C18H25FN2O5. The van der Waals surface area contributed by atoms with Crippen LogP contribution in [0.3, 0.4) is 0 Å². The van der Waals surface area contributed by atoms with E-state index in [9.17, 15) is 19.1 Å². The molecule has 0 aromatic heterocycles. The molecule has 1 heterocycles. The summed E-state index contributed by atoms with van der Waals surface area (Å²) in [6.45, 7) is 5.68. The van der Waals surface area contributed by atoms with Gasteiger partial charge in [-0.15, -0.1) is 0 Å². The number of carboxylic acid groups (broad SMARTS) is 1. The topological polar surface area (TPSA) is 79.3 Å². The van der Waals surface area contributed by atoms with E-state index in [1.165, 1.54) is 19.1 Å². The summed E-state index contributed by atoms with van der Waals surface area (Å²) in [5, 5.41) is 9.30. The van der Waals surface area contributed by atoms with Gasteiger partial charge in [-0.2, -0.15) is 0 Å². The van der Waals surface area contributed by atoms with Gasteiger partial charge in [0.05, 0.1) is 31.2 Å². The first-order valence-corrected chi connectivity index (χ1v) is 8.76. The maximum atomic E-state index is 14.6. The Hall–Kier alpha value is -2.35. The minimum atomic E-state index is -1.20. The van der Waals surface area contributed by atoms with Gasteiger partial charge in [-0.3, -0.25) is 4.90 Å². The zero-order chi connectivity index (χ0) is 19.1. The number of ether oxygens (including phenoxy) is 2. The predicted octanol–water partition coefficient (Wildman–Crippen LogP) is 2.88. The average Bonchev–Trinajstić information content (AvgIpc) is 2.63. The quantitative estimate of drug-likeness (QED) is 0.746. The second kappa shape index (κ2) is 9.38. The molecular weight excluding hydrogens is 343 g/mol. The number of hydrogen-bond donors (Lipinski definition) is 1. The Labute approximate surface area is 152 Å². The maximum absolute atomic E-state index is 14.6. The smallest absolute Gasteiger partial charge is 0.415 e. The van der Waals surface area contributed by atoms with E-state index in [4.69, 9.17) is 9.47 Å². The SMILES string of the molecule is CCCCOC(=O)N(c1ccc(N2CCOCC2)c(F)c1)C(C)C(=O)O. The van der Waals surface area contributed by atoms with Crippen molar-refractivity contribution < 1.29 is 28.6 Å². The Morgan fingerprint density at radius 2 is 2.08 bits per heavy atom. The second-order valence-corrected chi connectivity index (χ2v) is 6.09. The lowest BCUT2D eigenvalue weighted by atomic mass is 10.2. The number of unbranched alkanes of at least 4 members (excludes halogenated alkanes) is 1. The van der Waals surface area contributed by atoms with Gasteiger partial charge in [0, 0.05) is 13.1 Å². The summed E-state index contributed by atoms with van der Waals surface area (Å²) >= 11 is 0. The Morgan fingerprint density at radius 3 is 2.65 bits per heavy atom. The van der Waals surface area contributed by atoms with Crippen LogP contribution >= 0.6 is 0 Å². The molecule has 0 saturated carbocycles. The zero-order valence-corrected chi connectivity index (χ0v) is 15.1. The molecule has 1 unspecified atom stereocenters. The first-order chi connectivity index (χ1) is 12.5. The van der Waals surface area contributed by atoms with Gasteiger partial charge in [0.2, 0.25) is 0 Å². The molecule has 8 heteroatoms. The lowest BCUT2D eigenvalue weighted by molar-refractivity contribution is -0.138. The summed E-state index contributed by atoms with van der Waals surface area (Å²) in [4.78, 5) is 26.6. The number of benzene rings is 1. The highest BCUT2D eigenvalue weighted by atomic mass is 19.1. The molecule has 1 aliphatic rings. The van der Waals surface area contributed by atoms with Gasteiger partial charge >= 0.3 is 12.1 Å². The maximum Gasteiger partial charge on any atom is 0.415 e. The molecule has 1 aromatic carbocycles. The Kier molecular flexibility index (Phi) is 7.20. The van der Waals surface area contributed by atoms with Crippen LogP contribution in [0, 0.1) is 5.82 Å². The molecule has 0 radical (unpaired) electrons. The van der Waals surface area contributed by atoms with Crippen molar-refractivity contribution in [2.75, 3.05) is 42.7 Å². The minimum Gasteiger partial charge on any atom is -0.480 e. The molecule has 1 atom stereocenters. The Morgan fingerprint density at radius 1 is 1.38 bits per heavy atom. The third-order valence-corrected chi connectivity index (χ3v) is 4.23. The number of hydrogen-bond acceptors (Lipinski definition) is 5. The first-order valence-electron chi connectivity index (χ1n) is 8.76. The lowest BCUT2D eigenvalue weighted by Gasteiger charge is -2.30. The number of anilines is 2. The summed E-state index contributed by atoms with van der Waals surface area (Å²) in [5.74, 6) is -1.72. The highest BCUT2D eigenvalue weighted by Crippen LogP contribution is 2.27. The van der Waals surface area contributed by atoms with Crippen molar-refractivity contribution in [2.45, 2.75) is 32.7 Å². The number of carboxylic acids is 1. The van der Waals surface area contributed by atoms with Crippen molar-refractivity contribution in [3.05, 3.63) is 24.0 Å². The summed E-state index contributed by atoms with van der Waals surface area (Å²) in [6, 6.07) is 3.08. The van der Waals surface area contributed by atoms with Gasteiger partial charge < -0.3 is 19.5 Å². The monoisotopic (exact) mass is 368 g/mol. The summed E-state index contributed by atoms with van der Waals surface area (Å²) < 4.78 is 25.0. The number of rotatable bonds is 7. The van der Waals surface area contributed by atoms with Crippen LogP contribution in [0.2, 0.25) is 0 Å². The number of halogens is 1. The van der Waals surface area contributed by atoms with Crippen LogP contribution in [-0.2, 0) is 14.3 Å². The van der Waals surface area contributed by atoms with E-state index in [2.05, 4.69) is 0 Å². The number of morpholine rings is 1. The molecule has 7 nitrogen and oxygen atoms in total. The number of carbonyl (C=O) groups is 2. The van der Waals surface area contributed by atoms with Crippen molar-refractivity contribution in [1.82, 2.24) is 0 Å². The molecule has 1 amide bonds. The van der Waals surface area contributed by atoms with Crippen LogP contribution in [0.15, 0.2) is 18.2 Å². The largest absolute Gasteiger partial charge is 0.480 e. The lowest BCUT2D eigenvalue weighted by Crippen LogP contribution is -2.44. The van der Waals surface area contributed by atoms with E-state index in [-0.39, 0.29) is 12.3 Å². The van der Waals surface area contributed by atoms with Crippen LogP contribution in [0.5, 0.6) is 0 Å². The number of aliphatic carboxylic acids is 1. The molecule has 1 aromatic rings.